The molecule has 8 heteroatoms. The summed E-state index contributed by atoms with van der Waals surface area (Å²) in [5.74, 6) is -0.714. The summed E-state index contributed by atoms with van der Waals surface area (Å²) < 4.78 is 0. The van der Waals surface area contributed by atoms with Crippen LogP contribution in [-0.4, -0.2) is 18.0 Å². The van der Waals surface area contributed by atoms with Gasteiger partial charge in [0.15, 0.2) is 0 Å². The Morgan fingerprint density at radius 3 is 2.36 bits per heavy atom. The van der Waals surface area contributed by atoms with Crippen LogP contribution in [0, 0.1) is 0 Å². The van der Waals surface area contributed by atoms with Crippen LogP contribution >= 0.6 is 34.8 Å². The first-order valence-corrected chi connectivity index (χ1v) is 8.41. The quantitative estimate of drug-likeness (QED) is 0.555. The van der Waals surface area contributed by atoms with Gasteiger partial charge in [-0.25, -0.2) is 5.43 Å². The summed E-state index contributed by atoms with van der Waals surface area (Å²) in [4.78, 5) is 23.5. The van der Waals surface area contributed by atoms with E-state index in [4.69, 9.17) is 34.8 Å². The summed E-state index contributed by atoms with van der Waals surface area (Å²) >= 11 is 17.8. The first-order valence-electron chi connectivity index (χ1n) is 7.27. The van der Waals surface area contributed by atoms with E-state index in [0.717, 1.165) is 0 Å². The summed E-state index contributed by atoms with van der Waals surface area (Å²) in [5.41, 5.74) is 3.41. The number of halogens is 3. The fourth-order valence-electron chi connectivity index (χ4n) is 1.85. The van der Waals surface area contributed by atoms with Gasteiger partial charge in [-0.05, 0) is 18.2 Å². The zero-order chi connectivity index (χ0) is 18.2. The maximum absolute atomic E-state index is 11.8. The molecule has 5 nitrogen and oxygen atoms in total. The molecule has 0 aliphatic heterocycles. The summed E-state index contributed by atoms with van der Waals surface area (Å²) in [6.07, 6.45) is 1.37. The predicted molar refractivity (Wildman–Crippen MR) is 102 cm³/mol. The molecule has 0 saturated carbocycles. The third kappa shape index (κ3) is 6.05. The fraction of sp³-hybridized carbons (Fsp3) is 0.118. The molecule has 130 valence electrons. The second-order valence-electron chi connectivity index (χ2n) is 4.96. The van der Waals surface area contributed by atoms with Gasteiger partial charge in [0.2, 0.25) is 11.8 Å². The van der Waals surface area contributed by atoms with Crippen molar-refractivity contribution in [2.45, 2.75) is 12.8 Å². The summed E-state index contributed by atoms with van der Waals surface area (Å²) in [5, 5.41) is 7.62. The van der Waals surface area contributed by atoms with Crippen LogP contribution in [0.5, 0.6) is 0 Å². The van der Waals surface area contributed by atoms with Crippen molar-refractivity contribution >= 4 is 58.5 Å². The Morgan fingerprint density at radius 2 is 1.60 bits per heavy atom. The molecule has 0 aromatic heterocycles. The number of rotatable bonds is 6. The molecule has 0 unspecified atom stereocenters. The molecule has 0 heterocycles. The number of nitrogens with one attached hydrogen (secondary N) is 2. The van der Waals surface area contributed by atoms with Gasteiger partial charge in [0, 0.05) is 18.4 Å². The van der Waals surface area contributed by atoms with Crippen LogP contribution in [0.25, 0.3) is 0 Å². The van der Waals surface area contributed by atoms with E-state index in [0.29, 0.717) is 26.3 Å². The average Bonchev–Trinajstić information content (AvgIpc) is 2.59. The van der Waals surface area contributed by atoms with Crippen LogP contribution in [0.4, 0.5) is 5.69 Å². The lowest BCUT2D eigenvalue weighted by Gasteiger charge is -2.06. The molecule has 0 aliphatic rings. The third-order valence-electron chi connectivity index (χ3n) is 3.10. The highest BCUT2D eigenvalue weighted by atomic mass is 35.5. The van der Waals surface area contributed by atoms with Crippen molar-refractivity contribution in [2.75, 3.05) is 5.32 Å². The molecular weight excluding hydrogens is 385 g/mol. The minimum atomic E-state index is -0.399. The molecule has 0 radical (unpaired) electrons. The maximum atomic E-state index is 11.8. The van der Waals surface area contributed by atoms with Gasteiger partial charge in [-0.15, -0.1) is 0 Å². The van der Waals surface area contributed by atoms with E-state index in [1.807, 2.05) is 0 Å². The highest BCUT2D eigenvalue weighted by molar-refractivity contribution is 6.43. The van der Waals surface area contributed by atoms with Gasteiger partial charge in [-0.3, -0.25) is 9.59 Å². The normalized spacial score (nSPS) is 10.7. The summed E-state index contributed by atoms with van der Waals surface area (Å²) in [7, 11) is 0. The predicted octanol–water partition coefficient (Wildman–Crippen LogP) is 4.52. The van der Waals surface area contributed by atoms with E-state index < -0.39 is 5.91 Å². The van der Waals surface area contributed by atoms with Gasteiger partial charge in [0.25, 0.3) is 0 Å². The van der Waals surface area contributed by atoms with E-state index >= 15 is 0 Å². The molecule has 2 aromatic rings. The number of hydrogen-bond acceptors (Lipinski definition) is 3. The van der Waals surface area contributed by atoms with Crippen LogP contribution in [0.3, 0.4) is 0 Å². The van der Waals surface area contributed by atoms with Crippen LogP contribution in [-0.2, 0) is 9.59 Å². The van der Waals surface area contributed by atoms with Gasteiger partial charge in [-0.1, -0.05) is 59.1 Å². The van der Waals surface area contributed by atoms with Gasteiger partial charge in [0.1, 0.15) is 0 Å². The Kier molecular flexibility index (Phi) is 7.25. The van der Waals surface area contributed by atoms with Crippen LogP contribution in [0.2, 0.25) is 15.1 Å². The Balaban J connectivity index is 1.79. The van der Waals surface area contributed by atoms with Gasteiger partial charge >= 0.3 is 0 Å². The van der Waals surface area contributed by atoms with Crippen molar-refractivity contribution in [3.63, 3.8) is 0 Å². The monoisotopic (exact) mass is 397 g/mol. The number of hydrazone groups is 1. The van der Waals surface area contributed by atoms with Gasteiger partial charge < -0.3 is 5.32 Å². The SMILES string of the molecule is O=C(CCC(=O)Nc1ccccc1Cl)N/N=C/c1cccc(Cl)c1Cl. The van der Waals surface area contributed by atoms with Crippen molar-refractivity contribution in [1.29, 1.82) is 0 Å². The summed E-state index contributed by atoms with van der Waals surface area (Å²) in [6.45, 7) is 0. The molecule has 2 amide bonds. The van der Waals surface area contributed by atoms with E-state index in [1.54, 1.807) is 42.5 Å². The number of carbonyl (C=O) groups excluding carboxylic acids is 2. The Bertz CT molecular complexity index is 809. The largest absolute Gasteiger partial charge is 0.325 e. The highest BCUT2D eigenvalue weighted by Crippen LogP contribution is 2.24. The molecule has 0 fully saturated rings. The lowest BCUT2D eigenvalue weighted by Crippen LogP contribution is -2.20. The molecule has 0 atom stereocenters. The van der Waals surface area contributed by atoms with Gasteiger partial charge in [-0.2, -0.15) is 5.10 Å². The van der Waals surface area contributed by atoms with Crippen LogP contribution < -0.4 is 10.7 Å². The lowest BCUT2D eigenvalue weighted by molar-refractivity contribution is -0.124. The van der Waals surface area contributed by atoms with Crippen molar-refractivity contribution in [3.05, 3.63) is 63.1 Å². The topological polar surface area (TPSA) is 70.6 Å². The second kappa shape index (κ2) is 9.42. The molecule has 0 saturated heterocycles. The number of nitrogens with zero attached hydrogens (tertiary/aromatic N) is 1. The zero-order valence-electron chi connectivity index (χ0n) is 12.9. The molecule has 0 spiro atoms. The number of anilines is 1. The molecule has 2 N–H and O–H groups in total. The van der Waals surface area contributed by atoms with E-state index in [-0.39, 0.29) is 18.7 Å². The smallest absolute Gasteiger partial charge is 0.240 e. The van der Waals surface area contributed by atoms with E-state index in [9.17, 15) is 9.59 Å². The van der Waals surface area contributed by atoms with Crippen molar-refractivity contribution < 1.29 is 9.59 Å². The Hall–Kier alpha value is -2.08. The minimum Gasteiger partial charge on any atom is -0.325 e. The number of para-hydroxylation sites is 1. The standard InChI is InChI=1S/C17H14Cl3N3O2/c18-12-5-1-2-7-14(12)22-15(24)8-9-16(25)23-21-10-11-4-3-6-13(19)17(11)20/h1-7,10H,8-9H2,(H,22,24)(H,23,25)/b21-10+. The highest BCUT2D eigenvalue weighted by Gasteiger charge is 2.08. The molecule has 25 heavy (non-hydrogen) atoms. The van der Waals surface area contributed by atoms with Crippen LogP contribution in [0.15, 0.2) is 47.6 Å². The molecule has 2 aromatic carbocycles. The van der Waals surface area contributed by atoms with E-state index in [2.05, 4.69) is 15.8 Å². The number of carbonyl (C=O) groups is 2. The Morgan fingerprint density at radius 1 is 0.920 bits per heavy atom. The van der Waals surface area contributed by atoms with Crippen molar-refractivity contribution in [3.8, 4) is 0 Å². The molecule has 0 bridgehead atoms. The van der Waals surface area contributed by atoms with Gasteiger partial charge in [0.05, 0.1) is 27.0 Å². The summed E-state index contributed by atoms with van der Waals surface area (Å²) in [6, 6.07) is 11.9. The average molecular weight is 399 g/mol. The zero-order valence-corrected chi connectivity index (χ0v) is 15.2. The third-order valence-corrected chi connectivity index (χ3v) is 4.26. The number of hydrogen-bond donors (Lipinski definition) is 2. The number of benzene rings is 2. The minimum absolute atomic E-state index is 0.00446. The number of amides is 2. The first-order chi connectivity index (χ1) is 12.0. The van der Waals surface area contributed by atoms with Crippen molar-refractivity contribution in [1.82, 2.24) is 5.43 Å². The first kappa shape index (κ1) is 19.2. The maximum Gasteiger partial charge on any atom is 0.240 e. The molecular formula is C17H14Cl3N3O2. The molecule has 0 aliphatic carbocycles. The van der Waals surface area contributed by atoms with E-state index in [1.165, 1.54) is 6.21 Å². The van der Waals surface area contributed by atoms with Crippen LogP contribution in [0.1, 0.15) is 18.4 Å². The molecule has 2 rings (SSSR count). The Labute approximate surface area is 160 Å². The second-order valence-corrected chi connectivity index (χ2v) is 6.16. The van der Waals surface area contributed by atoms with Crippen molar-refractivity contribution in [2.24, 2.45) is 5.10 Å². The lowest BCUT2D eigenvalue weighted by atomic mass is 10.2. The fourth-order valence-corrected chi connectivity index (χ4v) is 2.39.